The summed E-state index contributed by atoms with van der Waals surface area (Å²) in [6, 6.07) is 31.4. The molecule has 0 saturated carbocycles. The van der Waals surface area contributed by atoms with Crippen LogP contribution in [0, 0.1) is 12.4 Å². The number of nitrogens with zero attached hydrogens (tertiary/aromatic N) is 4. The van der Waals surface area contributed by atoms with Crippen molar-refractivity contribution in [2.75, 3.05) is 0 Å². The van der Waals surface area contributed by atoms with Gasteiger partial charge < -0.3 is 14.7 Å². The van der Waals surface area contributed by atoms with Crippen molar-refractivity contribution >= 4 is 21.9 Å². The predicted octanol–water partition coefficient (Wildman–Crippen LogP) is 11.2. The fraction of sp³-hybridized carbons (Fsp3) is 0.333. The fourth-order valence-electron chi connectivity index (χ4n) is 6.93. The summed E-state index contributed by atoms with van der Waals surface area (Å²) in [6.07, 6.45) is 7.40. The summed E-state index contributed by atoms with van der Waals surface area (Å²) in [4.78, 5) is 9.91. The molecule has 7 aromatic rings. The van der Waals surface area contributed by atoms with Gasteiger partial charge in [-0.25, -0.2) is 5.69 Å². The second-order valence-electron chi connectivity index (χ2n) is 18.7. The number of hydrogen-bond donors (Lipinski definition) is 1. The Morgan fingerprint density at radius 2 is 1.30 bits per heavy atom. The van der Waals surface area contributed by atoms with E-state index in [2.05, 4.69) is 154 Å². The number of benzene rings is 4. The zero-order valence-corrected chi connectivity index (χ0v) is 35.9. The van der Waals surface area contributed by atoms with Crippen molar-refractivity contribution in [1.82, 2.24) is 14.5 Å². The monoisotopic (exact) mass is 897 g/mol. The third kappa shape index (κ3) is 7.34. The SMILES string of the molecule is CC(C)(C)c1cc(-c2[n-]c3ccncc3c2-c2cc(C(C)(C)C)cc(C(C)(C)C)c2)[c-]c(-n2[c-][n+](-c3cc(C(C)(C)C)ccc3O)c3ccccc32)c1.[Au+3]. The van der Waals surface area contributed by atoms with Crippen molar-refractivity contribution in [1.29, 1.82) is 0 Å². The number of hydrogen-bond acceptors (Lipinski definition) is 2. The zero-order valence-electron chi connectivity index (χ0n) is 33.7. The summed E-state index contributed by atoms with van der Waals surface area (Å²) in [5.74, 6) is 0.202. The first-order valence-electron chi connectivity index (χ1n) is 18.6. The average molecular weight is 898 g/mol. The summed E-state index contributed by atoms with van der Waals surface area (Å²) in [5, 5.41) is 12.2. The van der Waals surface area contributed by atoms with Gasteiger partial charge in [-0.15, -0.1) is 29.3 Å². The van der Waals surface area contributed by atoms with Crippen LogP contribution in [-0.2, 0) is 44.0 Å². The first-order chi connectivity index (χ1) is 24.7. The molecule has 5 nitrogen and oxygen atoms in total. The molecular weight excluding hydrogens is 846 g/mol. The molecule has 1 N–H and O–H groups in total. The topological polar surface area (TPSA) is 56.0 Å². The summed E-state index contributed by atoms with van der Waals surface area (Å²) in [5.41, 5.74) is 12.8. The van der Waals surface area contributed by atoms with Gasteiger partial charge in [-0.05, 0) is 67.1 Å². The Bertz CT molecular complexity index is 2480. The van der Waals surface area contributed by atoms with Crippen molar-refractivity contribution in [3.05, 3.63) is 126 Å². The van der Waals surface area contributed by atoms with Crippen molar-refractivity contribution in [2.24, 2.45) is 0 Å². The normalized spacial score (nSPS) is 12.7. The number of pyridine rings is 1. The van der Waals surface area contributed by atoms with Crippen LogP contribution in [0.25, 0.3) is 55.7 Å². The smallest absolute Gasteiger partial charge is 0.700 e. The molecule has 0 aliphatic heterocycles. The predicted molar refractivity (Wildman–Crippen MR) is 218 cm³/mol. The van der Waals surface area contributed by atoms with Crippen LogP contribution in [0.15, 0.2) is 91.3 Å². The Labute approximate surface area is 337 Å². The van der Waals surface area contributed by atoms with Crippen LogP contribution in [0.1, 0.15) is 105 Å². The van der Waals surface area contributed by atoms with Crippen LogP contribution in [0.4, 0.5) is 0 Å². The molecule has 0 spiro atoms. The van der Waals surface area contributed by atoms with Crippen LogP contribution in [0.2, 0.25) is 0 Å². The second-order valence-corrected chi connectivity index (χ2v) is 18.7. The molecule has 0 amide bonds. The number of para-hydroxylation sites is 2. The van der Waals surface area contributed by atoms with Crippen molar-refractivity contribution in [3.8, 4) is 39.5 Å². The zero-order chi connectivity index (χ0) is 38.2. The van der Waals surface area contributed by atoms with Gasteiger partial charge in [0.05, 0.1) is 11.0 Å². The maximum Gasteiger partial charge on any atom is 3.00 e. The van der Waals surface area contributed by atoms with Gasteiger partial charge >= 0.3 is 22.4 Å². The Morgan fingerprint density at radius 3 is 1.93 bits per heavy atom. The van der Waals surface area contributed by atoms with Gasteiger partial charge in [-0.2, -0.15) is 5.56 Å². The van der Waals surface area contributed by atoms with E-state index in [1.807, 2.05) is 41.2 Å². The second kappa shape index (κ2) is 13.7. The molecule has 280 valence electrons. The van der Waals surface area contributed by atoms with E-state index in [0.717, 1.165) is 61.1 Å². The molecule has 4 aromatic carbocycles. The average Bonchev–Trinajstić information content (AvgIpc) is 3.66. The van der Waals surface area contributed by atoms with E-state index in [1.165, 1.54) is 11.1 Å². The van der Waals surface area contributed by atoms with Crippen LogP contribution in [-0.4, -0.2) is 14.7 Å². The van der Waals surface area contributed by atoms with E-state index in [1.54, 1.807) is 6.07 Å². The van der Waals surface area contributed by atoms with E-state index in [-0.39, 0.29) is 49.8 Å². The molecule has 0 radical (unpaired) electrons. The Kier molecular flexibility index (Phi) is 9.97. The van der Waals surface area contributed by atoms with Crippen LogP contribution in [0.3, 0.4) is 0 Å². The maximum atomic E-state index is 11.2. The van der Waals surface area contributed by atoms with E-state index in [0.29, 0.717) is 5.69 Å². The molecular formula is C48H52AuN4O+. The number of phenols is 1. The first-order valence-corrected chi connectivity index (χ1v) is 18.6. The molecule has 3 aromatic heterocycles. The Hall–Kier alpha value is -4.42. The fourth-order valence-corrected chi connectivity index (χ4v) is 6.93. The molecule has 7 rings (SSSR count). The summed E-state index contributed by atoms with van der Waals surface area (Å²) in [6.45, 7) is 26.9. The number of aromatic hydroxyl groups is 1. The number of fused-ring (bicyclic) bond motifs is 2. The summed E-state index contributed by atoms with van der Waals surface area (Å²) < 4.78 is 4.04. The minimum Gasteiger partial charge on any atom is -0.700 e. The van der Waals surface area contributed by atoms with E-state index < -0.39 is 0 Å². The van der Waals surface area contributed by atoms with Crippen LogP contribution >= 0.6 is 0 Å². The van der Waals surface area contributed by atoms with E-state index in [4.69, 9.17) is 4.98 Å². The molecule has 0 fully saturated rings. The number of rotatable bonds is 4. The third-order valence-corrected chi connectivity index (χ3v) is 10.4. The van der Waals surface area contributed by atoms with E-state index >= 15 is 0 Å². The van der Waals surface area contributed by atoms with Gasteiger partial charge in [0.25, 0.3) is 6.33 Å². The quantitative estimate of drug-likeness (QED) is 0.109. The maximum absolute atomic E-state index is 11.2. The molecule has 0 saturated heterocycles. The largest absolute Gasteiger partial charge is 3.00 e. The van der Waals surface area contributed by atoms with Crippen molar-refractivity contribution in [3.63, 3.8) is 0 Å². The number of phenolic OH excluding ortho intramolecular Hbond substituents is 1. The van der Waals surface area contributed by atoms with Gasteiger partial charge in [0.15, 0.2) is 0 Å². The molecule has 54 heavy (non-hydrogen) atoms. The minimum atomic E-state index is -0.171. The molecule has 0 unspecified atom stereocenters. The Morgan fingerprint density at radius 1 is 0.685 bits per heavy atom. The van der Waals surface area contributed by atoms with Gasteiger partial charge in [0.1, 0.15) is 11.4 Å². The molecule has 0 aliphatic rings. The molecule has 6 heteroatoms. The number of imidazole rings is 1. The summed E-state index contributed by atoms with van der Waals surface area (Å²) >= 11 is 0. The van der Waals surface area contributed by atoms with Crippen molar-refractivity contribution in [2.45, 2.75) is 105 Å². The molecule has 0 aliphatic carbocycles. The van der Waals surface area contributed by atoms with Gasteiger partial charge in [-0.3, -0.25) is 9.55 Å². The van der Waals surface area contributed by atoms with E-state index in [9.17, 15) is 5.11 Å². The van der Waals surface area contributed by atoms with Gasteiger partial charge in [-0.1, -0.05) is 143 Å². The van der Waals surface area contributed by atoms with Crippen LogP contribution in [0.5, 0.6) is 5.75 Å². The molecule has 3 heterocycles. The minimum absolute atomic E-state index is 0. The Balaban J connectivity index is 0.00000497. The summed E-state index contributed by atoms with van der Waals surface area (Å²) in [7, 11) is 0. The van der Waals surface area contributed by atoms with Gasteiger partial charge in [0.2, 0.25) is 0 Å². The molecule has 0 bridgehead atoms. The standard InChI is InChI=1S/C48H52N4O.Au/c1-45(2,3)32-17-18-42(53)41(27-32)52-29-51(39-15-13-14-16-40(39)52)36-24-31(23-35(26-36)48(10,11)12)44-43(37-28-49-20-19-38(37)50-44)30-21-33(46(4,5)6)25-34(22-30)47(7,8)9;/h13-23,25-28H,1-12H3,(H-,49,50,53);/q-2;+3. The van der Waals surface area contributed by atoms with Gasteiger partial charge in [0, 0.05) is 12.4 Å². The number of aromatic nitrogens is 4. The van der Waals surface area contributed by atoms with Crippen molar-refractivity contribution < 1.29 is 32.1 Å². The third-order valence-electron chi connectivity index (χ3n) is 10.4. The molecule has 0 atom stereocenters. The van der Waals surface area contributed by atoms with Crippen LogP contribution < -0.4 is 9.55 Å². The first kappa shape index (κ1) is 39.3.